The average molecular weight is 370 g/mol. The Kier molecular flexibility index (Phi) is 5.54. The molecule has 1 fully saturated rings. The largest absolute Gasteiger partial charge is 0.467 e. The molecule has 1 aromatic carbocycles. The van der Waals surface area contributed by atoms with Crippen molar-refractivity contribution >= 4 is 12.0 Å². The summed E-state index contributed by atoms with van der Waals surface area (Å²) in [6.07, 6.45) is 1.41. The Balaban J connectivity index is 1.71. The first-order valence-corrected chi connectivity index (χ1v) is 9.16. The van der Waals surface area contributed by atoms with Crippen LogP contribution in [0.5, 0.6) is 0 Å². The molecular formula is C21H26N2O4. The summed E-state index contributed by atoms with van der Waals surface area (Å²) in [6.45, 7) is 6.56. The Labute approximate surface area is 159 Å². The minimum Gasteiger partial charge on any atom is -0.467 e. The number of hydrogen-bond donors (Lipinski definition) is 1. The highest BCUT2D eigenvalue weighted by Gasteiger charge is 2.38. The van der Waals surface area contributed by atoms with Crippen LogP contribution in [0.2, 0.25) is 0 Å². The molecule has 1 N–H and O–H groups in total. The molecule has 2 heterocycles. The van der Waals surface area contributed by atoms with Gasteiger partial charge in [-0.3, -0.25) is 4.79 Å². The fraction of sp³-hybridized carbons (Fsp3) is 0.429. The molecule has 0 bridgehead atoms. The smallest absolute Gasteiger partial charge is 0.408 e. The summed E-state index contributed by atoms with van der Waals surface area (Å²) in [4.78, 5) is 26.7. The lowest BCUT2D eigenvalue weighted by molar-refractivity contribution is -0.128. The maximum Gasteiger partial charge on any atom is 0.408 e. The summed E-state index contributed by atoms with van der Waals surface area (Å²) < 4.78 is 10.9. The Morgan fingerprint density at radius 1 is 1.26 bits per heavy atom. The topological polar surface area (TPSA) is 71.8 Å². The van der Waals surface area contributed by atoms with Gasteiger partial charge in [-0.05, 0) is 38.5 Å². The minimum absolute atomic E-state index is 0.0754. The van der Waals surface area contributed by atoms with E-state index in [2.05, 4.69) is 5.32 Å². The van der Waals surface area contributed by atoms with Gasteiger partial charge in [0.1, 0.15) is 11.4 Å². The summed E-state index contributed by atoms with van der Waals surface area (Å²) >= 11 is 0. The van der Waals surface area contributed by atoms with Crippen molar-refractivity contribution in [2.24, 2.45) is 5.92 Å². The van der Waals surface area contributed by atoms with Gasteiger partial charge in [-0.2, -0.15) is 0 Å². The van der Waals surface area contributed by atoms with E-state index in [1.807, 2.05) is 62.1 Å². The first-order chi connectivity index (χ1) is 12.8. The molecule has 144 valence electrons. The lowest BCUT2D eigenvalue weighted by Gasteiger charge is -2.26. The highest BCUT2D eigenvalue weighted by Crippen LogP contribution is 2.32. The summed E-state index contributed by atoms with van der Waals surface area (Å²) in [6, 6.07) is 13.1. The lowest BCUT2D eigenvalue weighted by atomic mass is 9.96. The molecule has 1 saturated heterocycles. The van der Waals surface area contributed by atoms with E-state index in [1.165, 1.54) is 0 Å². The number of furan rings is 1. The first-order valence-electron chi connectivity index (χ1n) is 9.16. The molecule has 0 aliphatic carbocycles. The molecule has 1 unspecified atom stereocenters. The normalized spacial score (nSPS) is 18.4. The number of carbonyl (C=O) groups excluding carboxylic acids is 2. The number of carbonyl (C=O) groups is 2. The van der Waals surface area contributed by atoms with E-state index in [0.717, 1.165) is 5.56 Å². The summed E-state index contributed by atoms with van der Waals surface area (Å²) in [7, 11) is 0. The van der Waals surface area contributed by atoms with Gasteiger partial charge in [0.2, 0.25) is 5.91 Å². The lowest BCUT2D eigenvalue weighted by Crippen LogP contribution is -2.38. The van der Waals surface area contributed by atoms with Gasteiger partial charge in [-0.1, -0.05) is 30.3 Å². The number of ether oxygens (including phenoxy) is 1. The first kappa shape index (κ1) is 19.0. The van der Waals surface area contributed by atoms with E-state index in [0.29, 0.717) is 25.3 Å². The monoisotopic (exact) mass is 370 g/mol. The predicted molar refractivity (Wildman–Crippen MR) is 101 cm³/mol. The molecule has 1 aliphatic rings. The maximum absolute atomic E-state index is 12.5. The zero-order chi connectivity index (χ0) is 19.4. The van der Waals surface area contributed by atoms with Gasteiger partial charge in [0.15, 0.2) is 0 Å². The highest BCUT2D eigenvalue weighted by molar-refractivity contribution is 5.79. The molecule has 6 nitrogen and oxygen atoms in total. The number of alkyl carbamates (subject to hydrolysis) is 1. The van der Waals surface area contributed by atoms with Crippen LogP contribution in [0, 0.1) is 5.92 Å². The van der Waals surface area contributed by atoms with E-state index in [4.69, 9.17) is 9.15 Å². The van der Waals surface area contributed by atoms with Crippen molar-refractivity contribution in [3.8, 4) is 0 Å². The zero-order valence-corrected chi connectivity index (χ0v) is 16.0. The Morgan fingerprint density at radius 3 is 2.63 bits per heavy atom. The van der Waals surface area contributed by atoms with E-state index >= 15 is 0 Å². The number of hydrogen-bond acceptors (Lipinski definition) is 4. The molecule has 0 radical (unpaired) electrons. The van der Waals surface area contributed by atoms with Crippen molar-refractivity contribution in [2.75, 3.05) is 6.54 Å². The minimum atomic E-state index is -0.595. The van der Waals surface area contributed by atoms with Crippen molar-refractivity contribution < 1.29 is 18.7 Å². The van der Waals surface area contributed by atoms with Crippen LogP contribution in [0.15, 0.2) is 53.1 Å². The van der Waals surface area contributed by atoms with Gasteiger partial charge >= 0.3 is 6.09 Å². The molecule has 3 rings (SSSR count). The molecular weight excluding hydrogens is 344 g/mol. The zero-order valence-electron chi connectivity index (χ0n) is 16.0. The molecule has 0 saturated carbocycles. The van der Waals surface area contributed by atoms with Gasteiger partial charge in [-0.15, -0.1) is 0 Å². The second-order valence-electron chi connectivity index (χ2n) is 7.86. The second-order valence-corrected chi connectivity index (χ2v) is 7.86. The molecule has 1 aliphatic heterocycles. The van der Waals surface area contributed by atoms with Crippen LogP contribution in [0.25, 0.3) is 0 Å². The van der Waals surface area contributed by atoms with Crippen LogP contribution in [-0.4, -0.2) is 29.0 Å². The van der Waals surface area contributed by atoms with Crippen molar-refractivity contribution in [1.29, 1.82) is 0 Å². The molecule has 27 heavy (non-hydrogen) atoms. The van der Waals surface area contributed by atoms with Crippen molar-refractivity contribution in [2.45, 2.75) is 45.4 Å². The van der Waals surface area contributed by atoms with Crippen LogP contribution < -0.4 is 5.32 Å². The van der Waals surface area contributed by atoms with Gasteiger partial charge in [-0.25, -0.2) is 4.79 Å². The fourth-order valence-electron chi connectivity index (χ4n) is 3.31. The van der Waals surface area contributed by atoms with Crippen LogP contribution in [0.4, 0.5) is 4.79 Å². The van der Waals surface area contributed by atoms with Crippen LogP contribution in [0.1, 0.15) is 44.6 Å². The van der Waals surface area contributed by atoms with E-state index in [1.54, 1.807) is 12.3 Å². The third-order valence-corrected chi connectivity index (χ3v) is 4.45. The maximum atomic E-state index is 12.5. The number of likely N-dealkylation sites (tertiary alicyclic amines) is 1. The summed E-state index contributed by atoms with van der Waals surface area (Å²) in [5.74, 6) is 0.617. The fourth-order valence-corrected chi connectivity index (χ4v) is 3.31. The van der Waals surface area contributed by atoms with Crippen LogP contribution >= 0.6 is 0 Å². The van der Waals surface area contributed by atoms with E-state index in [9.17, 15) is 9.59 Å². The second kappa shape index (κ2) is 7.86. The number of rotatable bonds is 5. The number of nitrogens with one attached hydrogen (secondary N) is 1. The van der Waals surface area contributed by atoms with Crippen LogP contribution in [0.3, 0.4) is 0 Å². The molecule has 2 amide bonds. The third-order valence-electron chi connectivity index (χ3n) is 4.45. The molecule has 2 atom stereocenters. The molecule has 2 aromatic rings. The number of benzene rings is 1. The van der Waals surface area contributed by atoms with Gasteiger partial charge in [0.05, 0.1) is 12.3 Å². The van der Waals surface area contributed by atoms with Gasteiger partial charge in [0, 0.05) is 25.4 Å². The third kappa shape index (κ3) is 5.12. The van der Waals surface area contributed by atoms with Crippen molar-refractivity contribution in [3.63, 3.8) is 0 Å². The number of nitrogens with zero attached hydrogens (tertiary/aromatic N) is 1. The van der Waals surface area contributed by atoms with Crippen LogP contribution in [-0.2, 0) is 16.1 Å². The predicted octanol–water partition coefficient (Wildman–Crippen LogP) is 3.89. The Morgan fingerprint density at radius 2 is 2.00 bits per heavy atom. The van der Waals surface area contributed by atoms with E-state index < -0.39 is 17.7 Å². The quantitative estimate of drug-likeness (QED) is 0.867. The highest BCUT2D eigenvalue weighted by atomic mass is 16.6. The standard InChI is InChI=1S/C21H26N2O4/c1-21(2,3)27-20(25)22-19(17-10-7-11-26-17)16-12-18(24)23(14-16)13-15-8-5-4-6-9-15/h4-11,16,19H,12-14H2,1-3H3,(H,22,25)/t16?,19-/m1/s1. The Hall–Kier alpha value is -2.76. The molecule has 1 aromatic heterocycles. The summed E-state index contributed by atoms with van der Waals surface area (Å²) in [5, 5.41) is 2.89. The SMILES string of the molecule is CC(C)(C)OC(=O)N[C@@H](c1ccco1)C1CC(=O)N(Cc2ccccc2)C1. The molecule has 6 heteroatoms. The van der Waals surface area contributed by atoms with Gasteiger partial charge < -0.3 is 19.4 Å². The van der Waals surface area contributed by atoms with Crippen molar-refractivity contribution in [3.05, 3.63) is 60.1 Å². The van der Waals surface area contributed by atoms with E-state index in [-0.39, 0.29) is 11.8 Å². The van der Waals surface area contributed by atoms with Gasteiger partial charge in [0.25, 0.3) is 0 Å². The molecule has 0 spiro atoms. The summed E-state index contributed by atoms with van der Waals surface area (Å²) in [5.41, 5.74) is 0.490. The Bertz CT molecular complexity index is 765. The van der Waals surface area contributed by atoms with Crippen molar-refractivity contribution in [1.82, 2.24) is 10.2 Å². The average Bonchev–Trinajstić information content (AvgIpc) is 3.23. The number of amides is 2.